The van der Waals surface area contributed by atoms with Crippen molar-refractivity contribution < 1.29 is 14.3 Å². The van der Waals surface area contributed by atoms with E-state index >= 15 is 0 Å². The van der Waals surface area contributed by atoms with Crippen molar-refractivity contribution in [3.8, 4) is 0 Å². The first kappa shape index (κ1) is 25.2. The van der Waals surface area contributed by atoms with E-state index < -0.39 is 0 Å². The van der Waals surface area contributed by atoms with Crippen LogP contribution in [0.1, 0.15) is 34.6 Å². The number of nitrogens with zero attached hydrogens (tertiary/aromatic N) is 6. The molecule has 3 aromatic rings. The number of carbonyl (C=O) groups excluding carboxylic acids is 1. The number of rotatable bonds is 9. The third-order valence-electron chi connectivity index (χ3n) is 6.49. The lowest BCUT2D eigenvalue weighted by molar-refractivity contribution is -0.180. The van der Waals surface area contributed by atoms with Crippen LogP contribution in [0.3, 0.4) is 0 Å². The molecule has 2 saturated heterocycles. The largest absolute Gasteiger partial charge is 0.353 e. The Morgan fingerprint density at radius 2 is 1.81 bits per heavy atom. The maximum absolute atomic E-state index is 12.9. The van der Waals surface area contributed by atoms with Gasteiger partial charge in [-0.1, -0.05) is 30.3 Å². The van der Waals surface area contributed by atoms with Crippen LogP contribution in [0, 0.1) is 0 Å². The second-order valence-corrected chi connectivity index (χ2v) is 9.37. The lowest BCUT2D eigenvalue weighted by atomic mass is 10.0. The molecule has 2 aliphatic heterocycles. The van der Waals surface area contributed by atoms with Gasteiger partial charge in [0, 0.05) is 57.2 Å². The van der Waals surface area contributed by atoms with Gasteiger partial charge in [0.25, 0.3) is 0 Å². The first-order chi connectivity index (χ1) is 18.1. The maximum atomic E-state index is 12.9. The summed E-state index contributed by atoms with van der Waals surface area (Å²) in [4.78, 5) is 35.9. The highest BCUT2D eigenvalue weighted by atomic mass is 16.7. The van der Waals surface area contributed by atoms with Gasteiger partial charge in [-0.25, -0.2) is 4.98 Å². The van der Waals surface area contributed by atoms with Crippen LogP contribution in [0.4, 0.5) is 17.7 Å². The minimum Gasteiger partial charge on any atom is -0.353 e. The number of nitrogens with one attached hydrogen (secondary N) is 1. The van der Waals surface area contributed by atoms with Crippen LogP contribution >= 0.6 is 0 Å². The van der Waals surface area contributed by atoms with Crippen LogP contribution in [0.25, 0.3) is 0 Å². The second kappa shape index (κ2) is 12.2. The summed E-state index contributed by atoms with van der Waals surface area (Å²) in [5.74, 6) is 2.25. The number of ketones is 1. The minimum absolute atomic E-state index is 0.0265. The summed E-state index contributed by atoms with van der Waals surface area (Å²) in [6.07, 6.45) is 3.92. The predicted molar refractivity (Wildman–Crippen MR) is 140 cm³/mol. The summed E-state index contributed by atoms with van der Waals surface area (Å²) in [6, 6.07) is 13.2. The molecule has 37 heavy (non-hydrogen) atoms. The van der Waals surface area contributed by atoms with Crippen LogP contribution in [-0.2, 0) is 22.3 Å². The maximum Gasteiger partial charge on any atom is 0.233 e. The number of hydrogen-bond donors (Lipinski definition) is 1. The Kier molecular flexibility index (Phi) is 8.29. The van der Waals surface area contributed by atoms with Crippen LogP contribution in [0.2, 0.25) is 0 Å². The monoisotopic (exact) mass is 503 g/mol. The first-order valence-corrected chi connectivity index (χ1v) is 12.8. The van der Waals surface area contributed by atoms with Gasteiger partial charge in [0.05, 0.1) is 13.2 Å². The number of aryl methyl sites for hydroxylation is 1. The predicted octanol–water partition coefficient (Wildman–Crippen LogP) is 2.88. The smallest absolute Gasteiger partial charge is 0.233 e. The van der Waals surface area contributed by atoms with E-state index in [2.05, 4.69) is 32.1 Å². The number of piperazine rings is 1. The number of ether oxygens (including phenoxy) is 2. The van der Waals surface area contributed by atoms with E-state index in [9.17, 15) is 4.79 Å². The molecule has 2 fully saturated rings. The van der Waals surface area contributed by atoms with Crippen LogP contribution in [-0.4, -0.2) is 83.3 Å². The highest BCUT2D eigenvalue weighted by molar-refractivity contribution is 5.98. The number of anilines is 3. The average molecular weight is 504 g/mol. The van der Waals surface area contributed by atoms with Gasteiger partial charge < -0.3 is 24.6 Å². The molecule has 0 bridgehead atoms. The molecule has 10 nitrogen and oxygen atoms in total. The lowest BCUT2D eigenvalue weighted by Crippen LogP contribution is -2.45. The molecular formula is C27H33N7O3. The van der Waals surface area contributed by atoms with Crippen molar-refractivity contribution in [1.29, 1.82) is 0 Å². The summed E-state index contributed by atoms with van der Waals surface area (Å²) in [5.41, 5.74) is 1.56. The first-order valence-electron chi connectivity index (χ1n) is 12.8. The van der Waals surface area contributed by atoms with Gasteiger partial charge in [-0.15, -0.1) is 0 Å². The molecule has 0 saturated carbocycles. The number of benzene rings is 1. The Bertz CT molecular complexity index is 1180. The molecule has 4 heterocycles. The summed E-state index contributed by atoms with van der Waals surface area (Å²) < 4.78 is 11.4. The van der Waals surface area contributed by atoms with Crippen molar-refractivity contribution in [3.63, 3.8) is 0 Å². The van der Waals surface area contributed by atoms with E-state index in [-0.39, 0.29) is 12.1 Å². The SMILES string of the molecule is CN1CCN(c2nc(CCC3OCCCO3)nc(Nc3cc(C(=O)Cc4ccccc4)ccn3)n2)CC1. The van der Waals surface area contributed by atoms with Gasteiger partial charge in [-0.2, -0.15) is 15.0 Å². The number of hydrogen-bond acceptors (Lipinski definition) is 10. The standard InChI is InChI=1S/C27H33N7O3/c1-33-12-14-34(15-13-33)27-31-23(8-9-25-36-16-5-17-37-25)29-26(32-27)30-24-19-21(10-11-28-24)22(35)18-20-6-3-2-4-7-20/h2-4,6-7,10-11,19,25H,5,8-9,12-18H2,1H3,(H,28,29,30,31,32). The fraction of sp³-hybridized carbons (Fsp3) is 0.444. The Balaban J connectivity index is 1.33. The highest BCUT2D eigenvalue weighted by Gasteiger charge is 2.20. The van der Waals surface area contributed by atoms with Crippen molar-refractivity contribution in [3.05, 3.63) is 65.6 Å². The fourth-order valence-corrected chi connectivity index (χ4v) is 4.34. The van der Waals surface area contributed by atoms with Crippen molar-refractivity contribution in [2.45, 2.75) is 32.0 Å². The Labute approximate surface area is 217 Å². The molecule has 1 N–H and O–H groups in total. The van der Waals surface area contributed by atoms with Gasteiger partial charge in [0.1, 0.15) is 11.6 Å². The fourth-order valence-electron chi connectivity index (χ4n) is 4.34. The molecule has 5 rings (SSSR count). The molecule has 0 unspecified atom stereocenters. The summed E-state index contributed by atoms with van der Waals surface area (Å²) in [5, 5.41) is 3.20. The van der Waals surface area contributed by atoms with Crippen LogP contribution < -0.4 is 10.2 Å². The normalized spacial score (nSPS) is 17.1. The van der Waals surface area contributed by atoms with Gasteiger partial charge in [0.15, 0.2) is 12.1 Å². The van der Waals surface area contributed by atoms with Crippen LogP contribution in [0.5, 0.6) is 0 Å². The van der Waals surface area contributed by atoms with E-state index in [4.69, 9.17) is 19.4 Å². The summed E-state index contributed by atoms with van der Waals surface area (Å²) >= 11 is 0. The average Bonchev–Trinajstić information content (AvgIpc) is 2.93. The van der Waals surface area contributed by atoms with E-state index in [1.807, 2.05) is 30.3 Å². The molecule has 2 aliphatic rings. The Morgan fingerprint density at radius 1 is 1.03 bits per heavy atom. The Morgan fingerprint density at radius 3 is 2.59 bits per heavy atom. The van der Waals surface area contributed by atoms with Crippen LogP contribution in [0.15, 0.2) is 48.7 Å². The third kappa shape index (κ3) is 7.06. The van der Waals surface area contributed by atoms with E-state index in [1.165, 1.54) is 0 Å². The quantitative estimate of drug-likeness (QED) is 0.438. The molecular weight excluding hydrogens is 470 g/mol. The zero-order chi connectivity index (χ0) is 25.5. The lowest BCUT2D eigenvalue weighted by Gasteiger charge is -2.32. The van der Waals surface area contributed by atoms with Gasteiger partial charge >= 0.3 is 0 Å². The molecule has 2 aromatic heterocycles. The molecule has 0 aliphatic carbocycles. The van der Waals surface area contributed by atoms with Gasteiger partial charge in [0.2, 0.25) is 11.9 Å². The molecule has 0 amide bonds. The van der Waals surface area contributed by atoms with Gasteiger partial charge in [-0.05, 0) is 31.2 Å². The number of pyridine rings is 1. The zero-order valence-electron chi connectivity index (χ0n) is 21.2. The number of carbonyl (C=O) groups is 1. The third-order valence-corrected chi connectivity index (χ3v) is 6.49. The minimum atomic E-state index is -0.233. The zero-order valence-corrected chi connectivity index (χ0v) is 21.2. The summed E-state index contributed by atoms with van der Waals surface area (Å²) in [7, 11) is 2.12. The van der Waals surface area contributed by atoms with E-state index in [0.29, 0.717) is 61.6 Å². The highest BCUT2D eigenvalue weighted by Crippen LogP contribution is 2.19. The van der Waals surface area contributed by atoms with Gasteiger partial charge in [-0.3, -0.25) is 4.79 Å². The second-order valence-electron chi connectivity index (χ2n) is 9.37. The molecule has 0 spiro atoms. The van der Waals surface area contributed by atoms with Crippen molar-refractivity contribution in [1.82, 2.24) is 24.8 Å². The number of aromatic nitrogens is 4. The molecule has 0 radical (unpaired) electrons. The van der Waals surface area contributed by atoms with Crippen molar-refractivity contribution in [2.75, 3.05) is 56.7 Å². The molecule has 1 aromatic carbocycles. The number of Topliss-reactive ketones (excluding diaryl/α,β-unsaturated/α-hetero) is 1. The molecule has 10 heteroatoms. The molecule has 0 atom stereocenters. The van der Waals surface area contributed by atoms with Crippen molar-refractivity contribution >= 4 is 23.5 Å². The Hall–Kier alpha value is -3.47. The van der Waals surface area contributed by atoms with E-state index in [1.54, 1.807) is 18.3 Å². The van der Waals surface area contributed by atoms with Crippen molar-refractivity contribution in [2.24, 2.45) is 0 Å². The number of likely N-dealkylation sites (N-methyl/N-ethyl adjacent to an activating group) is 1. The molecule has 194 valence electrons. The topological polar surface area (TPSA) is 106 Å². The van der Waals surface area contributed by atoms with E-state index in [0.717, 1.165) is 38.2 Å². The summed E-state index contributed by atoms with van der Waals surface area (Å²) in [6.45, 7) is 5.01.